The van der Waals surface area contributed by atoms with Crippen LogP contribution < -0.4 is 0 Å². The fourth-order valence-electron chi connectivity index (χ4n) is 1.16. The average Bonchev–Trinajstić information content (AvgIpc) is 2.05. The summed E-state index contributed by atoms with van der Waals surface area (Å²) in [6.45, 7) is 2.27. The fraction of sp³-hybridized carbons (Fsp3) is 0.333. The van der Waals surface area contributed by atoms with Crippen molar-refractivity contribution < 1.29 is 9.63 Å². The van der Waals surface area contributed by atoms with Gasteiger partial charge in [-0.15, -0.1) is 0 Å². The summed E-state index contributed by atoms with van der Waals surface area (Å²) in [6, 6.07) is 7.70. The summed E-state index contributed by atoms with van der Waals surface area (Å²) >= 11 is 0. The van der Waals surface area contributed by atoms with Crippen LogP contribution in [0.1, 0.15) is 24.2 Å². The summed E-state index contributed by atoms with van der Waals surface area (Å²) in [4.78, 5) is 0. The molecule has 0 heterocycles. The van der Waals surface area contributed by atoms with Gasteiger partial charge < -0.3 is 9.63 Å². The summed E-state index contributed by atoms with van der Waals surface area (Å²) < 4.78 is 4.92. The van der Waals surface area contributed by atoms with Crippen LogP contribution in [-0.2, 0) is 11.1 Å². The van der Waals surface area contributed by atoms with Crippen molar-refractivity contribution in [2.45, 2.75) is 19.6 Å². The smallest absolute Gasteiger partial charge is 0.0765 e. The molecule has 2 unspecified atom stereocenters. The number of aliphatic hydroxyl groups excluding tert-OH is 1. The van der Waals surface area contributed by atoms with Crippen LogP contribution in [0.5, 0.6) is 0 Å². The van der Waals surface area contributed by atoms with Gasteiger partial charge in [-0.05, 0) is 18.1 Å². The van der Waals surface area contributed by atoms with Gasteiger partial charge >= 0.3 is 0 Å². The van der Waals surface area contributed by atoms with Crippen molar-refractivity contribution in [3.8, 4) is 0 Å². The molecule has 0 aromatic heterocycles. The number of hydrogen-bond donors (Lipinski definition) is 1. The molecule has 1 aromatic carbocycles. The zero-order chi connectivity index (χ0) is 8.97. The second-order valence-corrected chi connectivity index (χ2v) is 3.02. The van der Waals surface area contributed by atoms with E-state index in [1.807, 2.05) is 24.3 Å². The second-order valence-electron chi connectivity index (χ2n) is 2.69. The van der Waals surface area contributed by atoms with Crippen molar-refractivity contribution in [2.75, 3.05) is 0 Å². The normalized spacial score (nSPS) is 12.9. The van der Waals surface area contributed by atoms with Crippen LogP contribution in [0.15, 0.2) is 24.3 Å². The maximum atomic E-state index is 9.37. The zero-order valence-electron chi connectivity index (χ0n) is 7.03. The van der Waals surface area contributed by atoms with E-state index in [1.165, 1.54) is 0 Å². The Kier molecular flexibility index (Phi) is 3.67. The van der Waals surface area contributed by atoms with Crippen LogP contribution >= 0.6 is 9.47 Å². The highest BCUT2D eigenvalue weighted by atomic mass is 31.0. The monoisotopic (exact) mass is 184 g/mol. The van der Waals surface area contributed by atoms with Gasteiger partial charge in [0.15, 0.2) is 0 Å². The Morgan fingerprint density at radius 3 is 2.75 bits per heavy atom. The predicted octanol–water partition coefficient (Wildman–Crippen LogP) is 2.05. The molecule has 0 saturated carbocycles. The van der Waals surface area contributed by atoms with Gasteiger partial charge in [0.05, 0.1) is 12.7 Å². The molecule has 66 valence electrons. The molecule has 1 aromatic rings. The van der Waals surface area contributed by atoms with Crippen LogP contribution in [-0.4, -0.2) is 5.11 Å². The summed E-state index contributed by atoms with van der Waals surface area (Å²) in [5, 5.41) is 9.37. The third kappa shape index (κ3) is 2.28. The van der Waals surface area contributed by atoms with Crippen LogP contribution in [0.2, 0.25) is 0 Å². The first-order valence-corrected chi connectivity index (χ1v) is 4.30. The topological polar surface area (TPSA) is 29.5 Å². The third-order valence-corrected chi connectivity index (χ3v) is 1.91. The molecule has 1 rings (SSSR count). The summed E-state index contributed by atoms with van der Waals surface area (Å²) in [7, 11) is 2.20. The van der Waals surface area contributed by atoms with E-state index >= 15 is 0 Å². The molecule has 0 amide bonds. The molecule has 0 aliphatic rings. The van der Waals surface area contributed by atoms with Crippen LogP contribution in [0.25, 0.3) is 0 Å². The van der Waals surface area contributed by atoms with E-state index in [0.29, 0.717) is 6.61 Å². The minimum absolute atomic E-state index is 0.429. The molecule has 1 N–H and O–H groups in total. The van der Waals surface area contributed by atoms with Gasteiger partial charge in [0.1, 0.15) is 0 Å². The maximum Gasteiger partial charge on any atom is 0.0765 e. The molecule has 0 aliphatic heterocycles. The van der Waals surface area contributed by atoms with E-state index in [4.69, 9.17) is 4.52 Å². The second kappa shape index (κ2) is 4.56. The quantitative estimate of drug-likeness (QED) is 0.728. The molecular weight excluding hydrogens is 171 g/mol. The highest BCUT2D eigenvalue weighted by Crippen LogP contribution is 2.18. The molecule has 0 aliphatic carbocycles. The molecule has 0 saturated heterocycles. The van der Waals surface area contributed by atoms with Gasteiger partial charge in [0.2, 0.25) is 0 Å². The highest BCUT2D eigenvalue weighted by molar-refractivity contribution is 7.09. The van der Waals surface area contributed by atoms with Crippen LogP contribution in [0.4, 0.5) is 0 Å². The lowest BCUT2D eigenvalue weighted by Gasteiger charge is -2.10. The number of aliphatic hydroxyl groups is 1. The van der Waals surface area contributed by atoms with Crippen molar-refractivity contribution in [2.24, 2.45) is 0 Å². The van der Waals surface area contributed by atoms with Gasteiger partial charge in [-0.1, -0.05) is 24.3 Å². The standard InChI is InChI=1S/C9H13O2P/c1-7(10)9-5-3-2-4-8(9)6-11-12/h2-5,7,10H,6,12H2,1H3. The largest absolute Gasteiger partial charge is 0.389 e. The summed E-state index contributed by atoms with van der Waals surface area (Å²) in [6.07, 6.45) is -0.429. The minimum atomic E-state index is -0.429. The lowest BCUT2D eigenvalue weighted by Crippen LogP contribution is -1.97. The molecule has 3 heteroatoms. The lowest BCUT2D eigenvalue weighted by atomic mass is 10.0. The average molecular weight is 184 g/mol. The minimum Gasteiger partial charge on any atom is -0.389 e. The molecule has 0 fully saturated rings. The molecular formula is C9H13O2P. The summed E-state index contributed by atoms with van der Waals surface area (Å²) in [5.74, 6) is 0. The molecule has 2 nitrogen and oxygen atoms in total. The first-order chi connectivity index (χ1) is 5.75. The maximum absolute atomic E-state index is 9.37. The number of benzene rings is 1. The Balaban J connectivity index is 2.92. The van der Waals surface area contributed by atoms with Crippen molar-refractivity contribution in [1.29, 1.82) is 0 Å². The van der Waals surface area contributed by atoms with Crippen molar-refractivity contribution in [1.82, 2.24) is 0 Å². The molecule has 0 spiro atoms. The molecule has 2 atom stereocenters. The Morgan fingerprint density at radius 2 is 2.17 bits per heavy atom. The van der Waals surface area contributed by atoms with E-state index in [9.17, 15) is 5.11 Å². The van der Waals surface area contributed by atoms with Gasteiger partial charge in [0.25, 0.3) is 0 Å². The molecule has 0 radical (unpaired) electrons. The van der Waals surface area contributed by atoms with Gasteiger partial charge in [-0.3, -0.25) is 0 Å². The van der Waals surface area contributed by atoms with Crippen LogP contribution in [0.3, 0.4) is 0 Å². The van der Waals surface area contributed by atoms with Gasteiger partial charge in [0, 0.05) is 9.47 Å². The summed E-state index contributed by atoms with van der Waals surface area (Å²) in [5.41, 5.74) is 1.96. The highest BCUT2D eigenvalue weighted by Gasteiger charge is 2.05. The third-order valence-electron chi connectivity index (χ3n) is 1.74. The molecule has 12 heavy (non-hydrogen) atoms. The Hall–Kier alpha value is -0.430. The van der Waals surface area contributed by atoms with Gasteiger partial charge in [-0.25, -0.2) is 0 Å². The Labute approximate surface area is 74.9 Å². The van der Waals surface area contributed by atoms with Gasteiger partial charge in [-0.2, -0.15) is 0 Å². The number of hydrogen-bond acceptors (Lipinski definition) is 2. The van der Waals surface area contributed by atoms with E-state index in [2.05, 4.69) is 9.47 Å². The van der Waals surface area contributed by atoms with Crippen LogP contribution in [0, 0.1) is 0 Å². The molecule has 0 bridgehead atoms. The van der Waals surface area contributed by atoms with E-state index in [-0.39, 0.29) is 0 Å². The Morgan fingerprint density at radius 1 is 1.50 bits per heavy atom. The SMILES string of the molecule is CC(O)c1ccccc1COP. The zero-order valence-corrected chi connectivity index (χ0v) is 8.18. The first-order valence-electron chi connectivity index (χ1n) is 3.83. The lowest BCUT2D eigenvalue weighted by molar-refractivity contribution is 0.196. The van der Waals surface area contributed by atoms with Crippen molar-refractivity contribution in [3.05, 3.63) is 35.4 Å². The number of rotatable bonds is 3. The van der Waals surface area contributed by atoms with Crippen molar-refractivity contribution in [3.63, 3.8) is 0 Å². The van der Waals surface area contributed by atoms with E-state index in [1.54, 1.807) is 6.92 Å². The fourth-order valence-corrected chi connectivity index (χ4v) is 1.34. The van der Waals surface area contributed by atoms with E-state index < -0.39 is 6.10 Å². The van der Waals surface area contributed by atoms with Crippen molar-refractivity contribution >= 4 is 9.47 Å². The predicted molar refractivity (Wildman–Crippen MR) is 51.6 cm³/mol. The first kappa shape index (κ1) is 9.66. The Bertz CT molecular complexity index is 248. The van der Waals surface area contributed by atoms with E-state index in [0.717, 1.165) is 11.1 Å².